The highest BCUT2D eigenvalue weighted by molar-refractivity contribution is 6.30. The number of nitrogens with one attached hydrogen (secondary N) is 1. The summed E-state index contributed by atoms with van der Waals surface area (Å²) in [7, 11) is 0. The van der Waals surface area contributed by atoms with Crippen LogP contribution in [0.5, 0.6) is 0 Å². The average molecular weight is 388 g/mol. The molecule has 1 saturated heterocycles. The summed E-state index contributed by atoms with van der Waals surface area (Å²) >= 11 is 5.90. The minimum Gasteiger partial charge on any atom is -0.325 e. The van der Waals surface area contributed by atoms with Gasteiger partial charge in [0, 0.05) is 42.9 Å². The Bertz CT molecular complexity index is 655. The van der Waals surface area contributed by atoms with Crippen LogP contribution in [0.1, 0.15) is 32.1 Å². The molecule has 5 heteroatoms. The Balaban J connectivity index is 1.12. The van der Waals surface area contributed by atoms with Gasteiger partial charge in [0.25, 0.3) is 0 Å². The fraction of sp³-hybridized carbons (Fsp3) is 0.682. The molecule has 27 heavy (non-hydrogen) atoms. The smallest absolute Gasteiger partial charge is 0.238 e. The summed E-state index contributed by atoms with van der Waals surface area (Å²) in [4.78, 5) is 17.4. The van der Waals surface area contributed by atoms with Gasteiger partial charge in [-0.2, -0.15) is 0 Å². The molecule has 4 saturated carbocycles. The Morgan fingerprint density at radius 1 is 0.926 bits per heavy atom. The molecule has 6 rings (SSSR count). The number of carbonyl (C=O) groups is 1. The van der Waals surface area contributed by atoms with Gasteiger partial charge in [0.1, 0.15) is 0 Å². The maximum atomic E-state index is 12.3. The molecule has 1 heterocycles. The normalized spacial score (nSPS) is 36.1. The molecule has 1 N–H and O–H groups in total. The zero-order valence-electron chi connectivity index (χ0n) is 15.9. The molecule has 1 amide bonds. The molecule has 0 atom stereocenters. The highest BCUT2D eigenvalue weighted by Gasteiger charge is 2.50. The van der Waals surface area contributed by atoms with E-state index < -0.39 is 0 Å². The molecular weight excluding hydrogens is 358 g/mol. The van der Waals surface area contributed by atoms with Crippen molar-refractivity contribution >= 4 is 23.2 Å². The van der Waals surface area contributed by atoms with Crippen molar-refractivity contribution in [2.45, 2.75) is 38.1 Å². The first-order chi connectivity index (χ1) is 13.1. The van der Waals surface area contributed by atoms with Gasteiger partial charge >= 0.3 is 0 Å². The minimum atomic E-state index is 0.0698. The lowest BCUT2D eigenvalue weighted by Crippen LogP contribution is -2.60. The molecule has 0 unspecified atom stereocenters. The lowest BCUT2D eigenvalue weighted by Gasteiger charge is -2.58. The third kappa shape index (κ3) is 3.76. The van der Waals surface area contributed by atoms with Crippen molar-refractivity contribution < 1.29 is 4.79 Å². The zero-order chi connectivity index (χ0) is 18.4. The van der Waals surface area contributed by atoms with Gasteiger partial charge in [-0.25, -0.2) is 0 Å². The van der Waals surface area contributed by atoms with E-state index >= 15 is 0 Å². The van der Waals surface area contributed by atoms with Crippen LogP contribution in [0.4, 0.5) is 5.69 Å². The maximum absolute atomic E-state index is 12.3. The molecule has 0 spiro atoms. The zero-order valence-corrected chi connectivity index (χ0v) is 16.7. The predicted octanol–water partition coefficient (Wildman–Crippen LogP) is 3.72. The highest BCUT2D eigenvalue weighted by Crippen LogP contribution is 2.55. The van der Waals surface area contributed by atoms with Crippen molar-refractivity contribution in [3.8, 4) is 0 Å². The lowest BCUT2D eigenvalue weighted by atomic mass is 9.54. The van der Waals surface area contributed by atoms with Crippen LogP contribution in [-0.2, 0) is 4.79 Å². The average Bonchev–Trinajstić information content (AvgIpc) is 2.64. The standard InChI is InChI=1S/C22H30ClN3O/c23-19-1-3-20(4-2-19)24-21(27)14-25-5-7-26(8-6-25)22-17-10-15-9-16(12-17)13-18(22)11-15/h1-4,15-18,22H,5-14H2,(H,24,27). The van der Waals surface area contributed by atoms with E-state index in [1.54, 1.807) is 12.1 Å². The second kappa shape index (κ2) is 7.38. The van der Waals surface area contributed by atoms with E-state index in [1.165, 1.54) is 32.1 Å². The Hall–Kier alpha value is -1.10. The van der Waals surface area contributed by atoms with Crippen LogP contribution in [0, 0.1) is 23.7 Å². The Labute approximate surface area is 167 Å². The van der Waals surface area contributed by atoms with Crippen molar-refractivity contribution in [3.63, 3.8) is 0 Å². The van der Waals surface area contributed by atoms with Crippen molar-refractivity contribution in [1.82, 2.24) is 9.80 Å². The van der Waals surface area contributed by atoms with Gasteiger partial charge in [0.05, 0.1) is 6.54 Å². The quantitative estimate of drug-likeness (QED) is 0.855. The summed E-state index contributed by atoms with van der Waals surface area (Å²) < 4.78 is 0. The molecule has 0 radical (unpaired) electrons. The van der Waals surface area contributed by atoms with Gasteiger partial charge < -0.3 is 5.32 Å². The first-order valence-corrected chi connectivity index (χ1v) is 11.0. The minimum absolute atomic E-state index is 0.0698. The Morgan fingerprint density at radius 3 is 2.11 bits per heavy atom. The molecular formula is C22H30ClN3O. The molecule has 5 fully saturated rings. The number of hydrogen-bond acceptors (Lipinski definition) is 3. The molecule has 1 aromatic rings. The highest BCUT2D eigenvalue weighted by atomic mass is 35.5. The van der Waals surface area contributed by atoms with Crippen molar-refractivity contribution in [2.75, 3.05) is 38.0 Å². The van der Waals surface area contributed by atoms with Crippen molar-refractivity contribution in [1.29, 1.82) is 0 Å². The van der Waals surface area contributed by atoms with E-state index in [1.807, 2.05) is 12.1 Å². The topological polar surface area (TPSA) is 35.6 Å². The van der Waals surface area contributed by atoms with Gasteiger partial charge in [-0.1, -0.05) is 11.6 Å². The summed E-state index contributed by atoms with van der Waals surface area (Å²) in [6.07, 6.45) is 7.47. The van der Waals surface area contributed by atoms with Gasteiger partial charge in [0.15, 0.2) is 0 Å². The van der Waals surface area contributed by atoms with Crippen LogP contribution in [0.25, 0.3) is 0 Å². The van der Waals surface area contributed by atoms with Crippen LogP contribution in [0.3, 0.4) is 0 Å². The molecule has 1 aromatic carbocycles. The van der Waals surface area contributed by atoms with Gasteiger partial charge in [-0.3, -0.25) is 14.6 Å². The number of benzene rings is 1. The monoisotopic (exact) mass is 387 g/mol. The fourth-order valence-corrected chi connectivity index (χ4v) is 6.78. The van der Waals surface area contributed by atoms with Crippen LogP contribution in [-0.4, -0.2) is 54.5 Å². The maximum Gasteiger partial charge on any atom is 0.238 e. The SMILES string of the molecule is O=C(CN1CCN(C2C3CC4CC(C3)CC2C4)CC1)Nc1ccc(Cl)cc1. The van der Waals surface area contributed by atoms with Crippen molar-refractivity contribution in [2.24, 2.45) is 23.7 Å². The summed E-state index contributed by atoms with van der Waals surface area (Å²) in [5.74, 6) is 4.07. The molecule has 4 bridgehead atoms. The summed E-state index contributed by atoms with van der Waals surface area (Å²) in [5, 5.41) is 3.67. The Kier molecular flexibility index (Phi) is 4.91. The molecule has 4 nitrogen and oxygen atoms in total. The van der Waals surface area contributed by atoms with Crippen molar-refractivity contribution in [3.05, 3.63) is 29.3 Å². The van der Waals surface area contributed by atoms with Gasteiger partial charge in [-0.15, -0.1) is 0 Å². The van der Waals surface area contributed by atoms with E-state index in [0.29, 0.717) is 11.6 Å². The summed E-state index contributed by atoms with van der Waals surface area (Å²) in [6.45, 7) is 4.76. The van der Waals surface area contributed by atoms with E-state index in [2.05, 4.69) is 15.1 Å². The van der Waals surface area contributed by atoms with Gasteiger partial charge in [0.2, 0.25) is 5.91 Å². The van der Waals surface area contributed by atoms with E-state index in [9.17, 15) is 4.79 Å². The van der Waals surface area contributed by atoms with E-state index in [4.69, 9.17) is 11.6 Å². The lowest BCUT2D eigenvalue weighted by molar-refractivity contribution is -0.118. The number of carbonyl (C=O) groups excluding carboxylic acids is 1. The number of halogens is 1. The molecule has 5 aliphatic rings. The number of anilines is 1. The number of amides is 1. The summed E-state index contributed by atoms with van der Waals surface area (Å²) in [6, 6.07) is 8.15. The van der Waals surface area contributed by atoms with Crippen LogP contribution in [0.15, 0.2) is 24.3 Å². The molecule has 146 valence electrons. The number of rotatable bonds is 4. The first-order valence-electron chi connectivity index (χ1n) is 10.7. The number of piperazine rings is 1. The fourth-order valence-electron chi connectivity index (χ4n) is 6.65. The molecule has 1 aliphatic heterocycles. The van der Waals surface area contributed by atoms with Gasteiger partial charge in [-0.05, 0) is 80.0 Å². The third-order valence-corrected chi connectivity index (χ3v) is 7.75. The predicted molar refractivity (Wildman–Crippen MR) is 109 cm³/mol. The second-order valence-electron chi connectivity index (χ2n) is 9.29. The summed E-state index contributed by atoms with van der Waals surface area (Å²) in [5.41, 5.74) is 0.816. The van der Waals surface area contributed by atoms with E-state index in [-0.39, 0.29) is 5.91 Å². The molecule has 4 aliphatic carbocycles. The molecule has 0 aromatic heterocycles. The Morgan fingerprint density at radius 2 is 1.52 bits per heavy atom. The van der Waals surface area contributed by atoms with Crippen LogP contribution >= 0.6 is 11.6 Å². The van der Waals surface area contributed by atoms with E-state index in [0.717, 1.165) is 61.6 Å². The van der Waals surface area contributed by atoms with Crippen LogP contribution in [0.2, 0.25) is 5.02 Å². The third-order valence-electron chi connectivity index (χ3n) is 7.50. The second-order valence-corrected chi connectivity index (χ2v) is 9.72. The number of nitrogens with zero attached hydrogens (tertiary/aromatic N) is 2. The van der Waals surface area contributed by atoms with Crippen LogP contribution < -0.4 is 5.32 Å². The largest absolute Gasteiger partial charge is 0.325 e. The number of hydrogen-bond donors (Lipinski definition) is 1. The first kappa shape index (κ1) is 18.0.